The number of hydrogen-bond donors (Lipinski definition) is 1. The van der Waals surface area contributed by atoms with Crippen molar-refractivity contribution in [3.05, 3.63) is 47.0 Å². The Morgan fingerprint density at radius 1 is 1.32 bits per heavy atom. The van der Waals surface area contributed by atoms with Crippen LogP contribution in [0, 0.1) is 5.92 Å². The fourth-order valence-corrected chi connectivity index (χ4v) is 3.45. The third-order valence-electron chi connectivity index (χ3n) is 3.79. The Bertz CT molecular complexity index is 564. The molecule has 1 unspecified atom stereocenters. The van der Waals surface area contributed by atoms with Crippen molar-refractivity contribution >= 4 is 28.9 Å². The quantitative estimate of drug-likeness (QED) is 0.878. The first kappa shape index (κ1) is 17.2. The molecule has 1 fully saturated rings. The van der Waals surface area contributed by atoms with Gasteiger partial charge < -0.3 is 10.5 Å². The highest BCUT2D eigenvalue weighted by Gasteiger charge is 2.23. The molecule has 0 spiro atoms. The van der Waals surface area contributed by atoms with Crippen molar-refractivity contribution in [2.24, 2.45) is 5.92 Å². The van der Waals surface area contributed by atoms with Gasteiger partial charge in [0.25, 0.3) is 0 Å². The molecule has 0 bridgehead atoms. The first-order chi connectivity index (χ1) is 10.3. The first-order valence-corrected chi connectivity index (χ1v) is 8.15. The number of nitrogen functional groups attached to an aromatic ring is 1. The number of halogens is 1. The van der Waals surface area contributed by atoms with E-state index in [-0.39, 0.29) is 12.4 Å². The number of anilines is 1. The van der Waals surface area contributed by atoms with Gasteiger partial charge in [0.15, 0.2) is 5.13 Å². The summed E-state index contributed by atoms with van der Waals surface area (Å²) in [6.07, 6.45) is 3.10. The molecule has 22 heavy (non-hydrogen) atoms. The molecule has 2 N–H and O–H groups in total. The standard InChI is InChI=1S/C16H21N3OS.ClH/c17-16-18-8-15(21-16)10-19-7-6-14(9-19)12-20-11-13-4-2-1-3-5-13;/h1-5,8,14H,6-7,9-12H2,(H2,17,18);1H. The molecule has 1 aromatic heterocycles. The molecule has 1 aliphatic heterocycles. The molecule has 2 aromatic rings. The molecular formula is C16H22ClN3OS. The number of thiazole rings is 1. The number of benzene rings is 1. The van der Waals surface area contributed by atoms with Crippen molar-refractivity contribution in [3.8, 4) is 0 Å². The molecule has 3 rings (SSSR count). The second-order valence-electron chi connectivity index (χ2n) is 5.56. The Morgan fingerprint density at radius 3 is 2.86 bits per heavy atom. The van der Waals surface area contributed by atoms with Crippen LogP contribution in [0.5, 0.6) is 0 Å². The van der Waals surface area contributed by atoms with E-state index in [0.717, 1.165) is 26.2 Å². The lowest BCUT2D eigenvalue weighted by Gasteiger charge is -2.14. The third kappa shape index (κ3) is 4.95. The molecule has 0 radical (unpaired) electrons. The van der Waals surface area contributed by atoms with Gasteiger partial charge in [0.05, 0.1) is 13.2 Å². The largest absolute Gasteiger partial charge is 0.376 e. The van der Waals surface area contributed by atoms with Gasteiger partial charge in [-0.1, -0.05) is 30.3 Å². The molecule has 4 nitrogen and oxygen atoms in total. The number of aromatic nitrogens is 1. The Morgan fingerprint density at radius 2 is 2.14 bits per heavy atom. The Hall–Kier alpha value is -1.14. The molecule has 2 heterocycles. The number of ether oxygens (including phenoxy) is 1. The van der Waals surface area contributed by atoms with Crippen LogP contribution in [-0.2, 0) is 17.9 Å². The smallest absolute Gasteiger partial charge is 0.180 e. The molecule has 1 saturated heterocycles. The van der Waals surface area contributed by atoms with E-state index in [4.69, 9.17) is 10.5 Å². The average Bonchev–Trinajstić information content (AvgIpc) is 3.10. The zero-order valence-corrected chi connectivity index (χ0v) is 14.1. The molecule has 1 aliphatic rings. The maximum atomic E-state index is 5.85. The minimum atomic E-state index is 0. The van der Waals surface area contributed by atoms with Gasteiger partial charge in [-0.05, 0) is 24.4 Å². The fraction of sp³-hybridized carbons (Fsp3) is 0.438. The molecule has 0 aliphatic carbocycles. The van der Waals surface area contributed by atoms with E-state index in [2.05, 4.69) is 34.1 Å². The Kier molecular flexibility index (Phi) is 6.64. The fourth-order valence-electron chi connectivity index (χ4n) is 2.73. The van der Waals surface area contributed by atoms with Crippen LogP contribution in [0.4, 0.5) is 5.13 Å². The number of nitrogens with zero attached hydrogens (tertiary/aromatic N) is 2. The Balaban J connectivity index is 0.00000176. The van der Waals surface area contributed by atoms with E-state index in [1.54, 1.807) is 11.3 Å². The van der Waals surface area contributed by atoms with Crippen molar-refractivity contribution in [1.29, 1.82) is 0 Å². The number of likely N-dealkylation sites (tertiary alicyclic amines) is 1. The SMILES string of the molecule is Cl.Nc1ncc(CN2CCC(COCc3ccccc3)C2)s1. The second-order valence-corrected chi connectivity index (χ2v) is 6.70. The number of rotatable bonds is 6. The van der Waals surface area contributed by atoms with Gasteiger partial charge in [0, 0.05) is 24.2 Å². The average molecular weight is 340 g/mol. The van der Waals surface area contributed by atoms with Crippen molar-refractivity contribution in [2.45, 2.75) is 19.6 Å². The number of nitrogens with two attached hydrogens (primary N) is 1. The lowest BCUT2D eigenvalue weighted by Crippen LogP contribution is -2.21. The van der Waals surface area contributed by atoms with E-state index >= 15 is 0 Å². The van der Waals surface area contributed by atoms with Crippen LogP contribution in [0.3, 0.4) is 0 Å². The van der Waals surface area contributed by atoms with Crippen molar-refractivity contribution in [1.82, 2.24) is 9.88 Å². The van der Waals surface area contributed by atoms with Crippen LogP contribution in [-0.4, -0.2) is 29.6 Å². The molecule has 0 saturated carbocycles. The normalized spacial score (nSPS) is 18.3. The summed E-state index contributed by atoms with van der Waals surface area (Å²) in [7, 11) is 0. The van der Waals surface area contributed by atoms with Gasteiger partial charge in [-0.3, -0.25) is 4.90 Å². The van der Waals surface area contributed by atoms with Gasteiger partial charge in [0.2, 0.25) is 0 Å². The van der Waals surface area contributed by atoms with E-state index in [9.17, 15) is 0 Å². The maximum absolute atomic E-state index is 5.85. The summed E-state index contributed by atoms with van der Waals surface area (Å²) in [6, 6.07) is 10.3. The van der Waals surface area contributed by atoms with E-state index in [1.807, 2.05) is 12.3 Å². The molecule has 1 aromatic carbocycles. The zero-order chi connectivity index (χ0) is 14.5. The van der Waals surface area contributed by atoms with E-state index in [0.29, 0.717) is 17.7 Å². The first-order valence-electron chi connectivity index (χ1n) is 7.34. The van der Waals surface area contributed by atoms with Crippen molar-refractivity contribution in [3.63, 3.8) is 0 Å². The van der Waals surface area contributed by atoms with Crippen LogP contribution < -0.4 is 5.73 Å². The minimum absolute atomic E-state index is 0. The highest BCUT2D eigenvalue weighted by Crippen LogP contribution is 2.22. The van der Waals surface area contributed by atoms with Crippen molar-refractivity contribution in [2.75, 3.05) is 25.4 Å². The van der Waals surface area contributed by atoms with Gasteiger partial charge in [-0.2, -0.15) is 0 Å². The second kappa shape index (κ2) is 8.48. The van der Waals surface area contributed by atoms with Crippen LogP contribution in [0.25, 0.3) is 0 Å². The van der Waals surface area contributed by atoms with E-state index in [1.165, 1.54) is 16.9 Å². The summed E-state index contributed by atoms with van der Waals surface area (Å²) in [5.41, 5.74) is 6.91. The van der Waals surface area contributed by atoms with Crippen molar-refractivity contribution < 1.29 is 4.74 Å². The predicted octanol–water partition coefficient (Wildman–Crippen LogP) is 3.19. The minimum Gasteiger partial charge on any atom is -0.376 e. The van der Waals surface area contributed by atoms with E-state index < -0.39 is 0 Å². The predicted molar refractivity (Wildman–Crippen MR) is 93.3 cm³/mol. The maximum Gasteiger partial charge on any atom is 0.180 e. The van der Waals surface area contributed by atoms with Crippen LogP contribution >= 0.6 is 23.7 Å². The topological polar surface area (TPSA) is 51.4 Å². The van der Waals surface area contributed by atoms with Crippen LogP contribution in [0.15, 0.2) is 36.5 Å². The summed E-state index contributed by atoms with van der Waals surface area (Å²) in [5, 5.41) is 0.659. The summed E-state index contributed by atoms with van der Waals surface area (Å²) in [4.78, 5) is 7.82. The summed E-state index contributed by atoms with van der Waals surface area (Å²) in [6.45, 7) is 4.76. The van der Waals surface area contributed by atoms with Gasteiger partial charge in [-0.25, -0.2) is 4.98 Å². The molecule has 0 amide bonds. The number of hydrogen-bond acceptors (Lipinski definition) is 5. The highest BCUT2D eigenvalue weighted by molar-refractivity contribution is 7.15. The monoisotopic (exact) mass is 339 g/mol. The molecule has 6 heteroatoms. The third-order valence-corrected chi connectivity index (χ3v) is 4.60. The molecule has 120 valence electrons. The lowest BCUT2D eigenvalue weighted by molar-refractivity contribution is 0.0885. The summed E-state index contributed by atoms with van der Waals surface area (Å²) in [5.74, 6) is 0.638. The van der Waals surface area contributed by atoms with Crippen LogP contribution in [0.2, 0.25) is 0 Å². The van der Waals surface area contributed by atoms with Crippen LogP contribution in [0.1, 0.15) is 16.9 Å². The van der Waals surface area contributed by atoms with Gasteiger partial charge in [0.1, 0.15) is 0 Å². The highest BCUT2D eigenvalue weighted by atomic mass is 35.5. The Labute approximate surface area is 141 Å². The van der Waals surface area contributed by atoms with Gasteiger partial charge in [-0.15, -0.1) is 23.7 Å². The zero-order valence-electron chi connectivity index (χ0n) is 12.5. The molecular weight excluding hydrogens is 318 g/mol. The van der Waals surface area contributed by atoms with Gasteiger partial charge >= 0.3 is 0 Å². The lowest BCUT2D eigenvalue weighted by atomic mass is 10.1. The molecule has 1 atom stereocenters. The summed E-state index contributed by atoms with van der Waals surface area (Å²) < 4.78 is 5.85. The summed E-state index contributed by atoms with van der Waals surface area (Å²) >= 11 is 1.58.